The van der Waals surface area contributed by atoms with E-state index in [1.165, 1.54) is 0 Å². The van der Waals surface area contributed by atoms with E-state index in [4.69, 9.17) is 39.1 Å². The maximum atomic E-state index is 11.2. The molecule has 24 nitrogen and oxygen atoms in total. The van der Waals surface area contributed by atoms with E-state index in [-0.39, 0.29) is 329 Å². The van der Waals surface area contributed by atoms with E-state index >= 15 is 0 Å². The Morgan fingerprint density at radius 1 is 0.289 bits per heavy atom. The Morgan fingerprint density at radius 2 is 0.395 bits per heavy atom. The topological polar surface area (TPSA) is 468 Å². The summed E-state index contributed by atoms with van der Waals surface area (Å²) >= 11 is 0. The molecule has 4 atom stereocenters. The minimum atomic E-state index is -6.26. The van der Waals surface area contributed by atoms with Crippen LogP contribution in [0.15, 0.2) is 0 Å². The summed E-state index contributed by atoms with van der Waals surface area (Å²) in [5.41, 5.74) is 0. The van der Waals surface area contributed by atoms with Gasteiger partial charge in [-0.25, -0.2) is 27.4 Å². The number of hydrogen-bond acceptors (Lipinski definition) is 11. The average Bonchev–Trinajstić information content (AvgIpc) is 1.97. The fourth-order valence-corrected chi connectivity index (χ4v) is 7.55. The molecule has 0 aromatic heterocycles. The van der Waals surface area contributed by atoms with Crippen molar-refractivity contribution in [1.82, 2.24) is 0 Å². The summed E-state index contributed by atoms with van der Waals surface area (Å²) in [6, 6.07) is 0. The van der Waals surface area contributed by atoms with Gasteiger partial charge in [0.15, 0.2) is 0 Å². The zero-order valence-electron chi connectivity index (χ0n) is 13.3. The van der Waals surface area contributed by atoms with Gasteiger partial charge in [0.05, 0.1) is 0 Å². The second-order valence-corrected chi connectivity index (χ2v) is 12.2. The van der Waals surface area contributed by atoms with Gasteiger partial charge in [-0.1, -0.05) is 0 Å². The molecular weight excluding hydrogens is 890 g/mol. The summed E-state index contributed by atoms with van der Waals surface area (Å²) in [4.78, 5) is 68.1. The SMILES string of the molecule is O.O.O.O.O.O=P(O)(O)OP(=O)(O)OP(=O)(O)OP(=O)(O)OP(=O)(O)OP(=O)(O)O.[CaH2].[CaH2].[CaH2].[CaH2].[CaH2].[CaH2].[CaH2].[CaH2]. The summed E-state index contributed by atoms with van der Waals surface area (Å²) in [7, 11) is -36.2. The first kappa shape index (κ1) is 92.0. The van der Waals surface area contributed by atoms with E-state index in [1.54, 1.807) is 0 Å². The summed E-state index contributed by atoms with van der Waals surface area (Å²) < 4.78 is 80.4. The summed E-state index contributed by atoms with van der Waals surface area (Å²) in [6.45, 7) is 0. The van der Waals surface area contributed by atoms with E-state index in [1.807, 2.05) is 0 Å². The van der Waals surface area contributed by atoms with E-state index in [9.17, 15) is 27.4 Å². The Bertz CT molecular complexity index is 721. The molecular formula is H34Ca8O24P6. The quantitative estimate of drug-likeness (QED) is 0.0745. The van der Waals surface area contributed by atoms with Crippen LogP contribution in [0.2, 0.25) is 0 Å². The van der Waals surface area contributed by atoms with Crippen molar-refractivity contribution in [3.63, 3.8) is 0 Å². The molecule has 0 radical (unpaired) electrons. The molecule has 0 heterocycles. The van der Waals surface area contributed by atoms with Gasteiger partial charge in [0, 0.05) is 0 Å². The van der Waals surface area contributed by atoms with E-state index in [2.05, 4.69) is 21.6 Å². The first-order valence-electron chi connectivity index (χ1n) is 4.52. The molecule has 4 unspecified atom stereocenters. The molecule has 0 saturated carbocycles. The van der Waals surface area contributed by atoms with Crippen LogP contribution in [0.3, 0.4) is 0 Å². The van der Waals surface area contributed by atoms with Gasteiger partial charge in [-0.2, -0.15) is 21.6 Å². The Kier molecular flexibility index (Phi) is 94.4. The molecule has 0 amide bonds. The molecule has 18 N–H and O–H groups in total. The van der Waals surface area contributed by atoms with Gasteiger partial charge in [-0.15, -0.1) is 0 Å². The molecule has 0 spiro atoms. The first-order valence-corrected chi connectivity index (χ1v) is 13.6. The van der Waals surface area contributed by atoms with Crippen LogP contribution in [-0.2, 0) is 48.9 Å². The molecule has 0 aliphatic carbocycles. The minimum absolute atomic E-state index is 0. The molecule has 0 aliphatic rings. The average molecular weight is 925 g/mol. The third kappa shape index (κ3) is 58.9. The number of phosphoric acid groups is 6. The third-order valence-electron chi connectivity index (χ3n) is 1.04. The fourth-order valence-electron chi connectivity index (χ4n) is 0.720. The molecule has 0 saturated heterocycles. The number of rotatable bonds is 10. The Hall–Kier alpha value is 10.7. The molecule has 38 heavy (non-hydrogen) atoms. The summed E-state index contributed by atoms with van der Waals surface area (Å²) in [5, 5.41) is 0. The van der Waals surface area contributed by atoms with Crippen LogP contribution in [0.5, 0.6) is 0 Å². The van der Waals surface area contributed by atoms with Crippen molar-refractivity contribution >= 4 is 349 Å². The second-order valence-electron chi connectivity index (χ2n) is 3.26. The van der Waals surface area contributed by atoms with Gasteiger partial charge in [0.1, 0.15) is 0 Å². The molecule has 0 aliphatic heterocycles. The van der Waals surface area contributed by atoms with Crippen LogP contribution in [0.4, 0.5) is 0 Å². The molecule has 0 rings (SSSR count). The van der Waals surface area contributed by atoms with Crippen molar-refractivity contribution in [2.75, 3.05) is 0 Å². The van der Waals surface area contributed by atoms with E-state index in [0.29, 0.717) is 0 Å². The van der Waals surface area contributed by atoms with Gasteiger partial charge in [0.2, 0.25) is 0 Å². The van der Waals surface area contributed by atoms with Crippen molar-refractivity contribution in [2.45, 2.75) is 0 Å². The van der Waals surface area contributed by atoms with Crippen LogP contribution in [0.1, 0.15) is 0 Å². The van der Waals surface area contributed by atoms with Gasteiger partial charge < -0.3 is 66.5 Å². The maximum absolute atomic E-state index is 11.2. The summed E-state index contributed by atoms with van der Waals surface area (Å²) in [5.74, 6) is 0. The second kappa shape index (κ2) is 39.0. The van der Waals surface area contributed by atoms with Crippen LogP contribution in [0, 0.1) is 0 Å². The first-order chi connectivity index (χ1) is 10.5. The zero-order chi connectivity index (χ0) is 20.5. The third-order valence-corrected chi connectivity index (χ3v) is 9.34. The predicted octanol–water partition coefficient (Wildman–Crippen LogP) is -11.8. The standard InChI is InChI=1S/8Ca.H8O19P6.5H2O.16H/c;;;;;;;;1-20(2,3)15-22(7,8)17-24(11,12)19-25(13,14)18-23(9,10)16-21(4,5)6;;;;;;;;;;;;;;;;;;;;;/h;;;;;;;;(H,7,8)(H,9,10)(H,11,12)(H,13,14)(H2,1,2,3)(H2,4,5,6);5*1H2;;;;;;;;;;;;;;;;. The Balaban J connectivity index is -0.0000000369. The van der Waals surface area contributed by atoms with Crippen LogP contribution < -0.4 is 0 Å². The van der Waals surface area contributed by atoms with Gasteiger partial charge in [-0.05, 0) is 0 Å². The van der Waals surface area contributed by atoms with Crippen LogP contribution in [0.25, 0.3) is 0 Å². The van der Waals surface area contributed by atoms with Crippen molar-refractivity contribution in [3.8, 4) is 0 Å². The monoisotopic (exact) mass is 924 g/mol. The van der Waals surface area contributed by atoms with Crippen molar-refractivity contribution < 1.29 is 115 Å². The zero-order valence-corrected chi connectivity index (χ0v) is 18.6. The Labute approximate surface area is 452 Å². The summed E-state index contributed by atoms with van der Waals surface area (Å²) in [6.07, 6.45) is 0. The van der Waals surface area contributed by atoms with Crippen LogP contribution in [-0.4, -0.2) is 368 Å². The van der Waals surface area contributed by atoms with E-state index < -0.39 is 46.9 Å². The predicted molar refractivity (Wildman–Crippen MR) is 155 cm³/mol. The molecule has 38 heteroatoms. The molecule has 224 valence electrons. The molecule has 0 aromatic carbocycles. The van der Waals surface area contributed by atoms with Gasteiger partial charge in [-0.3, -0.25) is 0 Å². The Morgan fingerprint density at radius 3 is 0.500 bits per heavy atom. The van der Waals surface area contributed by atoms with Gasteiger partial charge >= 0.3 is 349 Å². The fraction of sp³-hybridized carbons (Fsp3) is 0. The van der Waals surface area contributed by atoms with Crippen LogP contribution >= 0.6 is 46.9 Å². The van der Waals surface area contributed by atoms with E-state index in [0.717, 1.165) is 0 Å². The number of hydrogen-bond donors (Lipinski definition) is 8. The normalized spacial score (nSPS) is 15.2. The molecule has 0 bridgehead atoms. The van der Waals surface area contributed by atoms with Gasteiger partial charge in [0.25, 0.3) is 0 Å². The van der Waals surface area contributed by atoms with Crippen molar-refractivity contribution in [3.05, 3.63) is 0 Å². The van der Waals surface area contributed by atoms with Crippen molar-refractivity contribution in [1.29, 1.82) is 0 Å². The molecule has 0 fully saturated rings. The van der Waals surface area contributed by atoms with Crippen molar-refractivity contribution in [2.24, 2.45) is 0 Å². The molecule has 0 aromatic rings.